The smallest absolute Gasteiger partial charge is 0.118 e. The zero-order chi connectivity index (χ0) is 13.9. The van der Waals surface area contributed by atoms with Crippen LogP contribution in [-0.4, -0.2) is 10.1 Å². The molecule has 0 saturated heterocycles. The average molecular weight is 264 g/mol. The van der Waals surface area contributed by atoms with Gasteiger partial charge in [-0.1, -0.05) is 24.3 Å². The number of anilines is 1. The summed E-state index contributed by atoms with van der Waals surface area (Å²) in [5, 5.41) is 15.3. The van der Waals surface area contributed by atoms with Gasteiger partial charge in [0, 0.05) is 30.0 Å². The summed E-state index contributed by atoms with van der Waals surface area (Å²) in [5.74, 6) is 0.322. The summed E-state index contributed by atoms with van der Waals surface area (Å²) in [6.45, 7) is 2.60. The molecule has 100 valence electrons. The van der Waals surface area contributed by atoms with Crippen molar-refractivity contribution >= 4 is 16.5 Å². The SMILES string of the molecule is Cc1cc(NCc2cncc3ccccc23)ccc1O. The quantitative estimate of drug-likeness (QED) is 0.706. The topological polar surface area (TPSA) is 45.2 Å². The molecule has 3 rings (SSSR count). The van der Waals surface area contributed by atoms with Crippen LogP contribution in [0.25, 0.3) is 10.8 Å². The first-order valence-corrected chi connectivity index (χ1v) is 6.59. The van der Waals surface area contributed by atoms with Gasteiger partial charge in [-0.05, 0) is 41.6 Å². The first-order chi connectivity index (χ1) is 9.74. The van der Waals surface area contributed by atoms with Crippen LogP contribution in [-0.2, 0) is 6.54 Å². The van der Waals surface area contributed by atoms with Crippen molar-refractivity contribution in [1.29, 1.82) is 0 Å². The molecule has 3 nitrogen and oxygen atoms in total. The minimum Gasteiger partial charge on any atom is -0.508 e. The molecule has 3 heteroatoms. The van der Waals surface area contributed by atoms with Crippen LogP contribution in [0.2, 0.25) is 0 Å². The monoisotopic (exact) mass is 264 g/mol. The lowest BCUT2D eigenvalue weighted by Crippen LogP contribution is -2.00. The van der Waals surface area contributed by atoms with Gasteiger partial charge in [0.2, 0.25) is 0 Å². The Balaban J connectivity index is 1.85. The highest BCUT2D eigenvalue weighted by molar-refractivity contribution is 5.84. The zero-order valence-corrected chi connectivity index (χ0v) is 11.3. The maximum Gasteiger partial charge on any atom is 0.118 e. The Morgan fingerprint density at radius 2 is 1.95 bits per heavy atom. The van der Waals surface area contributed by atoms with E-state index in [1.165, 1.54) is 5.39 Å². The second-order valence-corrected chi connectivity index (χ2v) is 4.87. The molecule has 1 aromatic heterocycles. The minimum absolute atomic E-state index is 0.322. The highest BCUT2D eigenvalue weighted by Gasteiger charge is 2.02. The van der Waals surface area contributed by atoms with Crippen LogP contribution in [0.5, 0.6) is 5.75 Å². The van der Waals surface area contributed by atoms with Gasteiger partial charge in [0.05, 0.1) is 0 Å². The van der Waals surface area contributed by atoms with Gasteiger partial charge in [-0.2, -0.15) is 0 Å². The number of hydrogen-bond donors (Lipinski definition) is 2. The number of phenolic OH excluding ortho intramolecular Hbond substituents is 1. The van der Waals surface area contributed by atoms with Gasteiger partial charge in [0.15, 0.2) is 0 Å². The molecule has 0 spiro atoms. The summed E-state index contributed by atoms with van der Waals surface area (Å²) < 4.78 is 0. The number of aryl methyl sites for hydroxylation is 1. The van der Waals surface area contributed by atoms with Crippen LogP contribution < -0.4 is 5.32 Å². The van der Waals surface area contributed by atoms with Gasteiger partial charge in [0.25, 0.3) is 0 Å². The number of aromatic hydroxyl groups is 1. The molecule has 0 aliphatic rings. The Hall–Kier alpha value is -2.55. The molecular formula is C17H16N2O. The van der Waals surface area contributed by atoms with Crippen molar-refractivity contribution in [3.8, 4) is 5.75 Å². The molecule has 0 fully saturated rings. The van der Waals surface area contributed by atoms with E-state index >= 15 is 0 Å². The molecule has 0 amide bonds. The van der Waals surface area contributed by atoms with Gasteiger partial charge in [-0.3, -0.25) is 4.98 Å². The van der Waals surface area contributed by atoms with Crippen molar-refractivity contribution in [2.45, 2.75) is 13.5 Å². The molecule has 20 heavy (non-hydrogen) atoms. The predicted octanol–water partition coefficient (Wildman–Crippen LogP) is 3.86. The maximum atomic E-state index is 9.53. The fraction of sp³-hybridized carbons (Fsp3) is 0.118. The Morgan fingerprint density at radius 3 is 2.80 bits per heavy atom. The van der Waals surface area contributed by atoms with Crippen LogP contribution in [0.4, 0.5) is 5.69 Å². The van der Waals surface area contributed by atoms with Crippen molar-refractivity contribution in [2.75, 3.05) is 5.32 Å². The third kappa shape index (κ3) is 2.43. The molecule has 0 aliphatic heterocycles. The number of nitrogens with zero attached hydrogens (tertiary/aromatic N) is 1. The van der Waals surface area contributed by atoms with Gasteiger partial charge < -0.3 is 10.4 Å². The summed E-state index contributed by atoms with van der Waals surface area (Å²) >= 11 is 0. The lowest BCUT2D eigenvalue weighted by atomic mass is 10.1. The Kier molecular flexibility index (Phi) is 3.25. The Bertz CT molecular complexity index is 748. The maximum absolute atomic E-state index is 9.53. The standard InChI is InChI=1S/C17H16N2O/c1-12-8-15(6-7-17(12)20)19-11-14-10-18-9-13-4-2-3-5-16(13)14/h2-10,19-20H,11H2,1H3. The average Bonchev–Trinajstić information content (AvgIpc) is 2.48. The van der Waals surface area contributed by atoms with Crippen LogP contribution in [0.3, 0.4) is 0 Å². The molecule has 0 unspecified atom stereocenters. The second kappa shape index (κ2) is 5.21. The van der Waals surface area contributed by atoms with E-state index < -0.39 is 0 Å². The fourth-order valence-electron chi connectivity index (χ4n) is 2.28. The third-order valence-electron chi connectivity index (χ3n) is 3.43. The van der Waals surface area contributed by atoms with E-state index in [9.17, 15) is 5.11 Å². The summed E-state index contributed by atoms with van der Waals surface area (Å²) in [6.07, 6.45) is 3.77. The van der Waals surface area contributed by atoms with E-state index in [0.29, 0.717) is 12.3 Å². The molecule has 2 aromatic carbocycles. The number of nitrogens with one attached hydrogen (secondary N) is 1. The molecule has 0 atom stereocenters. The summed E-state index contributed by atoms with van der Waals surface area (Å²) in [5.41, 5.74) is 3.02. The molecule has 0 saturated carbocycles. The van der Waals surface area contributed by atoms with Crippen molar-refractivity contribution in [3.63, 3.8) is 0 Å². The Labute approximate surface area is 117 Å². The van der Waals surface area contributed by atoms with E-state index in [2.05, 4.69) is 22.4 Å². The van der Waals surface area contributed by atoms with Gasteiger partial charge in [-0.15, -0.1) is 0 Å². The number of aromatic nitrogens is 1. The molecule has 2 N–H and O–H groups in total. The predicted molar refractivity (Wildman–Crippen MR) is 81.9 cm³/mol. The van der Waals surface area contributed by atoms with Crippen molar-refractivity contribution in [1.82, 2.24) is 4.98 Å². The Morgan fingerprint density at radius 1 is 1.10 bits per heavy atom. The molecule has 0 radical (unpaired) electrons. The van der Waals surface area contributed by atoms with Crippen molar-refractivity contribution in [3.05, 3.63) is 66.0 Å². The van der Waals surface area contributed by atoms with Crippen molar-refractivity contribution < 1.29 is 5.11 Å². The van der Waals surface area contributed by atoms with E-state index in [1.54, 1.807) is 6.07 Å². The lowest BCUT2D eigenvalue weighted by molar-refractivity contribution is 0.471. The van der Waals surface area contributed by atoms with Crippen molar-refractivity contribution in [2.24, 2.45) is 0 Å². The minimum atomic E-state index is 0.322. The van der Waals surface area contributed by atoms with Gasteiger partial charge >= 0.3 is 0 Å². The molecule has 0 bridgehead atoms. The van der Waals surface area contributed by atoms with Crippen LogP contribution >= 0.6 is 0 Å². The second-order valence-electron chi connectivity index (χ2n) is 4.87. The summed E-state index contributed by atoms with van der Waals surface area (Å²) in [6, 6.07) is 13.8. The molecule has 0 aliphatic carbocycles. The zero-order valence-electron chi connectivity index (χ0n) is 11.3. The lowest BCUT2D eigenvalue weighted by Gasteiger charge is -2.10. The highest BCUT2D eigenvalue weighted by atomic mass is 16.3. The largest absolute Gasteiger partial charge is 0.508 e. The van der Waals surface area contributed by atoms with E-state index in [4.69, 9.17) is 0 Å². The number of pyridine rings is 1. The normalized spacial score (nSPS) is 10.7. The van der Waals surface area contributed by atoms with Gasteiger partial charge in [-0.25, -0.2) is 0 Å². The summed E-state index contributed by atoms with van der Waals surface area (Å²) in [7, 11) is 0. The number of hydrogen-bond acceptors (Lipinski definition) is 3. The van der Waals surface area contributed by atoms with Gasteiger partial charge in [0.1, 0.15) is 5.75 Å². The van der Waals surface area contributed by atoms with E-state index in [-0.39, 0.29) is 0 Å². The number of fused-ring (bicyclic) bond motifs is 1. The molecular weight excluding hydrogens is 248 g/mol. The molecule has 1 heterocycles. The number of phenols is 1. The first kappa shape index (κ1) is 12.5. The van der Waals surface area contributed by atoms with Crippen LogP contribution in [0, 0.1) is 6.92 Å². The fourth-order valence-corrected chi connectivity index (χ4v) is 2.28. The van der Waals surface area contributed by atoms with E-state index in [0.717, 1.165) is 22.2 Å². The molecule has 3 aromatic rings. The summed E-state index contributed by atoms with van der Waals surface area (Å²) in [4.78, 5) is 4.28. The van der Waals surface area contributed by atoms with Crippen LogP contribution in [0.15, 0.2) is 54.9 Å². The third-order valence-corrected chi connectivity index (χ3v) is 3.43. The number of benzene rings is 2. The highest BCUT2D eigenvalue weighted by Crippen LogP contribution is 2.22. The van der Waals surface area contributed by atoms with E-state index in [1.807, 2.05) is 43.6 Å². The van der Waals surface area contributed by atoms with Crippen LogP contribution in [0.1, 0.15) is 11.1 Å². The number of rotatable bonds is 3. The first-order valence-electron chi connectivity index (χ1n) is 6.59.